The number of hydrogen-bond acceptors (Lipinski definition) is 18. The lowest BCUT2D eigenvalue weighted by atomic mass is 9.33. The highest BCUT2D eigenvalue weighted by atomic mass is 32.2. The largest absolute Gasteiger partial charge is 0.481 e. The van der Waals surface area contributed by atoms with Crippen LogP contribution in [0.25, 0.3) is 0 Å². The van der Waals surface area contributed by atoms with E-state index in [1.54, 1.807) is 0 Å². The van der Waals surface area contributed by atoms with Crippen molar-refractivity contribution in [3.8, 4) is 0 Å². The molecule has 36 heteroatoms. The second-order valence-electron chi connectivity index (χ2n) is 23.5. The molecule has 12 aliphatic rings. The molecule has 12 rings (SSSR count). The zero-order valence-electron chi connectivity index (χ0n) is 40.4. The van der Waals surface area contributed by atoms with E-state index in [2.05, 4.69) is 22.0 Å². The number of fused-ring (bicyclic) bond motifs is 1. The minimum Gasteiger partial charge on any atom is -0.302 e. The maximum atomic E-state index is 14.3. The molecule has 27 nitrogen and oxygen atoms in total. The van der Waals surface area contributed by atoms with Gasteiger partial charge in [-0.15, -0.1) is 0 Å². The summed E-state index contributed by atoms with van der Waals surface area (Å²) in [6.07, 6.45) is 9.62. The molecule has 12 fully saturated rings. The van der Waals surface area contributed by atoms with Crippen molar-refractivity contribution >= 4 is 76.4 Å². The van der Waals surface area contributed by atoms with Crippen LogP contribution in [0.3, 0.4) is 0 Å². The first-order valence-corrected chi connectivity index (χ1v) is 39.7. The van der Waals surface area contributed by atoms with Gasteiger partial charge in [-0.1, -0.05) is 0 Å². The SMILES string of the molecule is O=P(O)(O)OP(=O)(O)OCCS(=O)(=O)CC1C2CC3CC1CC(C1C4CC5CC1C(CS(=O)(=O)CCOP(=O)(O)OP(=O)(O)O)C(C4)C5C1C4CC5CC(C4)C(CS(=O)(=O)CCOP(=O)(O)OP(=O)(O)O)C1C5)(C3)C2. The smallest absolute Gasteiger partial charge is 0.302 e. The predicted molar refractivity (Wildman–Crippen MR) is 260 cm³/mol. The molecule has 434 valence electrons. The van der Waals surface area contributed by atoms with Gasteiger partial charge in [-0.3, -0.25) is 13.6 Å². The van der Waals surface area contributed by atoms with Crippen LogP contribution in [0.4, 0.5) is 0 Å². The Labute approximate surface area is 435 Å². The van der Waals surface area contributed by atoms with Crippen LogP contribution in [-0.2, 0) is 83.4 Å². The normalized spacial score (nSPS) is 41.6. The van der Waals surface area contributed by atoms with E-state index in [0.717, 1.165) is 64.2 Å². The first-order chi connectivity index (χ1) is 34.3. The summed E-state index contributed by atoms with van der Waals surface area (Å²) in [4.78, 5) is 83.3. The molecule has 12 saturated carbocycles. The van der Waals surface area contributed by atoms with Gasteiger partial charge in [0.2, 0.25) is 0 Å². The molecule has 0 aromatic rings. The summed E-state index contributed by atoms with van der Waals surface area (Å²) >= 11 is 0. The number of hydrogen-bond donors (Lipinski definition) is 9. The topological polar surface area (TPSA) is 442 Å². The van der Waals surface area contributed by atoms with Gasteiger partial charge in [0.25, 0.3) is 0 Å². The Morgan fingerprint density at radius 2 is 0.760 bits per heavy atom. The average molecular weight is 1250 g/mol. The van der Waals surface area contributed by atoms with Gasteiger partial charge in [0, 0.05) is 0 Å². The molecule has 12 aliphatic carbocycles. The molecule has 18 atom stereocenters. The van der Waals surface area contributed by atoms with Crippen LogP contribution in [0.15, 0.2) is 0 Å². The molecule has 0 radical (unpaired) electrons. The van der Waals surface area contributed by atoms with Crippen LogP contribution in [0.5, 0.6) is 0 Å². The third-order valence-corrected chi connectivity index (χ3v) is 30.7. The lowest BCUT2D eigenvalue weighted by Gasteiger charge is -2.72. The van der Waals surface area contributed by atoms with Gasteiger partial charge in [-0.05, 0) is 183 Å². The quantitative estimate of drug-likeness (QED) is 0.0549. The van der Waals surface area contributed by atoms with Crippen LogP contribution in [0.2, 0.25) is 0 Å². The second kappa shape index (κ2) is 21.1. The fraction of sp³-hybridized carbons (Fsp3) is 1.00. The van der Waals surface area contributed by atoms with E-state index in [1.165, 1.54) is 0 Å². The number of rotatable bonds is 26. The highest BCUT2D eigenvalue weighted by molar-refractivity contribution is 7.92. The molecule has 9 N–H and O–H groups in total. The highest BCUT2D eigenvalue weighted by Crippen LogP contribution is 2.76. The van der Waals surface area contributed by atoms with E-state index in [4.69, 9.17) is 33.9 Å². The number of phosphoric acid groups is 6. The fourth-order valence-electron chi connectivity index (χ4n) is 18.2. The summed E-state index contributed by atoms with van der Waals surface area (Å²) in [7, 11) is -44.2. The molecule has 0 heterocycles. The molecular weight excluding hydrogens is 1180 g/mol. The van der Waals surface area contributed by atoms with Crippen LogP contribution in [0, 0.1) is 106 Å². The molecule has 75 heavy (non-hydrogen) atoms. The third kappa shape index (κ3) is 14.2. The number of phosphoric ester groups is 3. The van der Waals surface area contributed by atoms with Crippen molar-refractivity contribution in [2.75, 3.05) is 54.3 Å². The molecule has 0 saturated heterocycles. The summed E-state index contributed by atoms with van der Waals surface area (Å²) in [5, 5.41) is 0. The average Bonchev–Trinajstić information content (AvgIpc) is 3.18. The van der Waals surface area contributed by atoms with Crippen molar-refractivity contribution in [1.29, 1.82) is 0 Å². The summed E-state index contributed by atoms with van der Waals surface area (Å²) in [5.74, 6) is -2.40. The monoisotopic (exact) mass is 1250 g/mol. The Hall–Kier alpha value is 0.630. The summed E-state index contributed by atoms with van der Waals surface area (Å²) in [6, 6.07) is 0. The Balaban J connectivity index is 0.946. The number of sulfone groups is 3. The first kappa shape index (κ1) is 60.2. The van der Waals surface area contributed by atoms with E-state index in [1.807, 2.05) is 0 Å². The second-order valence-corrected chi connectivity index (χ2v) is 38.7. The standard InChI is InChI=1S/C39H68O27P6S3/c40-67(41,42)64-70(49,50)61-1-4-73(55,56)19-33-28-9-23-10-29(33)18-39(16-23,17-28)38-27-13-26-14-32(38)35(21-75(59,60)6-3-63-72(53,54)66-69(46,47)48)31(15-27)37(26)36-25-8-22-7-24(12-25)34(30(36)11-22)20-74(57,58)5-2-62-71(51,52)65-68(43,44)45/h22-38H,1-21H2,(H,49,50)(H,51,52)(H,53,54)(H2,40,41,42)(H2,43,44,45)(H2,46,47,48). The molecule has 0 spiro atoms. The van der Waals surface area contributed by atoms with Gasteiger partial charge in [0.1, 0.15) is 0 Å². The van der Waals surface area contributed by atoms with Crippen molar-refractivity contribution in [2.45, 2.75) is 77.0 Å². The lowest BCUT2D eigenvalue weighted by Crippen LogP contribution is -2.66. The molecule has 0 aromatic heterocycles. The van der Waals surface area contributed by atoms with Crippen LogP contribution >= 0.6 is 46.9 Å². The Kier molecular flexibility index (Phi) is 16.9. The maximum Gasteiger partial charge on any atom is 0.481 e. The van der Waals surface area contributed by atoms with Gasteiger partial charge < -0.3 is 44.0 Å². The summed E-state index contributed by atoms with van der Waals surface area (Å²) in [6.45, 7) is -2.59. The van der Waals surface area contributed by atoms with Gasteiger partial charge in [-0.25, -0.2) is 52.6 Å². The minimum atomic E-state index is -5.49. The van der Waals surface area contributed by atoms with Crippen molar-refractivity contribution in [3.05, 3.63) is 0 Å². The van der Waals surface area contributed by atoms with E-state index in [0.29, 0.717) is 24.7 Å². The van der Waals surface area contributed by atoms with Crippen molar-refractivity contribution < 1.29 is 123 Å². The lowest BCUT2D eigenvalue weighted by molar-refractivity contribution is -0.230. The summed E-state index contributed by atoms with van der Waals surface area (Å²) in [5.41, 5.74) is -0.229. The van der Waals surface area contributed by atoms with Crippen molar-refractivity contribution in [3.63, 3.8) is 0 Å². The summed E-state index contributed by atoms with van der Waals surface area (Å²) < 4.78 is 179. The molecule has 18 unspecified atom stereocenters. The highest BCUT2D eigenvalue weighted by Gasteiger charge is 2.69. The van der Waals surface area contributed by atoms with Crippen LogP contribution in [-0.4, -0.2) is 124 Å². The Morgan fingerprint density at radius 1 is 0.387 bits per heavy atom. The van der Waals surface area contributed by atoms with E-state index >= 15 is 0 Å². The van der Waals surface area contributed by atoms with Gasteiger partial charge >= 0.3 is 46.9 Å². The molecule has 12 bridgehead atoms. The van der Waals surface area contributed by atoms with E-state index in [9.17, 15) is 67.3 Å². The van der Waals surface area contributed by atoms with Crippen LogP contribution < -0.4 is 0 Å². The third-order valence-electron chi connectivity index (χ3n) is 19.1. The fourth-order valence-corrected chi connectivity index (χ4v) is 28.1. The van der Waals surface area contributed by atoms with E-state index in [-0.39, 0.29) is 106 Å². The maximum absolute atomic E-state index is 14.3. The molecule has 0 aromatic carbocycles. The molecular formula is C39H68O27P6S3. The Bertz CT molecular complexity index is 2820. The molecule has 0 aliphatic heterocycles. The predicted octanol–water partition coefficient (Wildman–Crippen LogP) is 4.18. The first-order valence-electron chi connectivity index (χ1n) is 25.1. The van der Waals surface area contributed by atoms with Gasteiger partial charge in [0.05, 0.1) is 54.3 Å². The zero-order valence-corrected chi connectivity index (χ0v) is 48.3. The van der Waals surface area contributed by atoms with Gasteiger partial charge in [-0.2, -0.15) is 12.9 Å². The van der Waals surface area contributed by atoms with E-state index < -0.39 is 119 Å². The molecule has 0 amide bonds. The van der Waals surface area contributed by atoms with Crippen molar-refractivity contribution in [1.82, 2.24) is 0 Å². The Morgan fingerprint density at radius 3 is 1.23 bits per heavy atom. The zero-order chi connectivity index (χ0) is 54.9. The van der Waals surface area contributed by atoms with Gasteiger partial charge in [0.15, 0.2) is 29.5 Å². The van der Waals surface area contributed by atoms with Crippen LogP contribution in [0.1, 0.15) is 77.0 Å². The van der Waals surface area contributed by atoms with Crippen molar-refractivity contribution in [2.24, 2.45) is 106 Å². The minimum absolute atomic E-state index is 0.0108.